The van der Waals surface area contributed by atoms with Crippen LogP contribution in [0.3, 0.4) is 0 Å². The SMILES string of the molecule is CCOC(=O)CNC(=O)NCc1ccccc1-c1ccc([C@H]2O[C@@H](CSc3ccccn3)C[C@@H](c3ccc(CO)cc3)O2)cc1. The molecule has 2 amide bonds. The number of rotatable bonds is 12. The second kappa shape index (κ2) is 16.2. The minimum Gasteiger partial charge on any atom is -0.465 e. The van der Waals surface area contributed by atoms with E-state index in [1.54, 1.807) is 24.9 Å². The van der Waals surface area contributed by atoms with Crippen LogP contribution in [0, 0.1) is 0 Å². The molecule has 0 aliphatic carbocycles. The molecule has 3 N–H and O–H groups in total. The summed E-state index contributed by atoms with van der Waals surface area (Å²) in [5, 5.41) is 15.8. The van der Waals surface area contributed by atoms with Gasteiger partial charge in [0, 0.05) is 30.5 Å². The molecule has 4 aromatic rings. The first-order valence-electron chi connectivity index (χ1n) is 14.9. The Hall–Kier alpha value is -4.22. The molecule has 0 spiro atoms. The van der Waals surface area contributed by atoms with Crippen molar-refractivity contribution in [3.8, 4) is 11.1 Å². The van der Waals surface area contributed by atoms with Gasteiger partial charge >= 0.3 is 12.0 Å². The monoisotopic (exact) mass is 627 g/mol. The maximum absolute atomic E-state index is 12.2. The molecule has 0 saturated carbocycles. The number of nitrogens with one attached hydrogen (secondary N) is 2. The molecule has 1 aliphatic rings. The Bertz CT molecular complexity index is 1540. The minimum absolute atomic E-state index is 0.00486. The van der Waals surface area contributed by atoms with Crippen molar-refractivity contribution in [2.24, 2.45) is 0 Å². The van der Waals surface area contributed by atoms with Crippen LogP contribution in [0.2, 0.25) is 0 Å². The zero-order valence-electron chi connectivity index (χ0n) is 25.1. The molecule has 1 fully saturated rings. The van der Waals surface area contributed by atoms with E-state index in [9.17, 15) is 14.7 Å². The van der Waals surface area contributed by atoms with Crippen molar-refractivity contribution >= 4 is 23.8 Å². The Morgan fingerprint density at radius 1 is 0.933 bits per heavy atom. The highest BCUT2D eigenvalue weighted by Gasteiger charge is 2.32. The summed E-state index contributed by atoms with van der Waals surface area (Å²) >= 11 is 1.66. The van der Waals surface area contributed by atoms with Crippen molar-refractivity contribution in [3.63, 3.8) is 0 Å². The molecular formula is C35H37N3O6S. The predicted octanol–water partition coefficient (Wildman–Crippen LogP) is 5.94. The number of carbonyl (C=O) groups is 2. The van der Waals surface area contributed by atoms with E-state index in [2.05, 4.69) is 15.6 Å². The zero-order valence-corrected chi connectivity index (χ0v) is 25.9. The third kappa shape index (κ3) is 9.15. The average Bonchev–Trinajstić information content (AvgIpc) is 3.09. The molecule has 9 nitrogen and oxygen atoms in total. The molecule has 45 heavy (non-hydrogen) atoms. The van der Waals surface area contributed by atoms with Gasteiger partial charge in [-0.15, -0.1) is 11.8 Å². The van der Waals surface area contributed by atoms with Crippen LogP contribution in [-0.4, -0.2) is 47.1 Å². The van der Waals surface area contributed by atoms with Crippen LogP contribution in [0.25, 0.3) is 11.1 Å². The first-order chi connectivity index (χ1) is 22.0. The molecule has 3 aromatic carbocycles. The number of aliphatic hydroxyl groups excluding tert-OH is 1. The summed E-state index contributed by atoms with van der Waals surface area (Å²) in [4.78, 5) is 28.2. The number of carbonyl (C=O) groups excluding carboxylic acids is 2. The third-order valence-electron chi connectivity index (χ3n) is 7.32. The van der Waals surface area contributed by atoms with E-state index in [4.69, 9.17) is 14.2 Å². The lowest BCUT2D eigenvalue weighted by Crippen LogP contribution is -2.38. The van der Waals surface area contributed by atoms with Gasteiger partial charge in [0.25, 0.3) is 0 Å². The molecule has 1 aromatic heterocycles. The van der Waals surface area contributed by atoms with Crippen molar-refractivity contribution < 1.29 is 28.9 Å². The Labute approximate surface area is 267 Å². The van der Waals surface area contributed by atoms with Gasteiger partial charge in [0.1, 0.15) is 6.54 Å². The number of aromatic nitrogens is 1. The average molecular weight is 628 g/mol. The van der Waals surface area contributed by atoms with Gasteiger partial charge in [-0.3, -0.25) is 4.79 Å². The second-order valence-electron chi connectivity index (χ2n) is 10.4. The summed E-state index contributed by atoms with van der Waals surface area (Å²) in [6, 6.07) is 29.2. The molecule has 1 aliphatic heterocycles. The summed E-state index contributed by atoms with van der Waals surface area (Å²) in [7, 11) is 0. The van der Waals surface area contributed by atoms with Crippen LogP contribution in [0.5, 0.6) is 0 Å². The largest absolute Gasteiger partial charge is 0.465 e. The lowest BCUT2D eigenvalue weighted by molar-refractivity contribution is -0.245. The molecule has 0 unspecified atom stereocenters. The topological polar surface area (TPSA) is 119 Å². The molecule has 0 bridgehead atoms. The van der Waals surface area contributed by atoms with Crippen molar-refractivity contribution in [1.82, 2.24) is 15.6 Å². The number of ether oxygens (including phenoxy) is 3. The van der Waals surface area contributed by atoms with Crippen molar-refractivity contribution in [2.75, 3.05) is 18.9 Å². The van der Waals surface area contributed by atoms with E-state index in [-0.39, 0.29) is 38.5 Å². The Morgan fingerprint density at radius 2 is 1.69 bits per heavy atom. The number of hydrogen-bond donors (Lipinski definition) is 3. The number of thioether (sulfide) groups is 1. The number of urea groups is 1. The minimum atomic E-state index is -0.565. The normalized spacial score (nSPS) is 17.8. The van der Waals surface area contributed by atoms with Gasteiger partial charge in [0.15, 0.2) is 6.29 Å². The quantitative estimate of drug-likeness (QED) is 0.130. The summed E-state index contributed by atoms with van der Waals surface area (Å²) < 4.78 is 17.8. The van der Waals surface area contributed by atoms with Crippen LogP contribution < -0.4 is 10.6 Å². The van der Waals surface area contributed by atoms with Gasteiger partial charge in [0.05, 0.1) is 30.4 Å². The third-order valence-corrected chi connectivity index (χ3v) is 8.39. The van der Waals surface area contributed by atoms with E-state index in [0.29, 0.717) is 6.42 Å². The number of nitrogens with zero attached hydrogens (tertiary/aromatic N) is 1. The van der Waals surface area contributed by atoms with Crippen LogP contribution in [-0.2, 0) is 32.2 Å². The van der Waals surface area contributed by atoms with Crippen LogP contribution in [0.4, 0.5) is 4.79 Å². The molecule has 0 radical (unpaired) electrons. The van der Waals surface area contributed by atoms with Gasteiger partial charge in [-0.25, -0.2) is 9.78 Å². The number of aliphatic hydroxyl groups is 1. The van der Waals surface area contributed by atoms with Gasteiger partial charge in [0.2, 0.25) is 0 Å². The van der Waals surface area contributed by atoms with Gasteiger partial charge in [-0.05, 0) is 46.9 Å². The summed E-state index contributed by atoms with van der Waals surface area (Å²) in [5.74, 6) is 0.247. The second-order valence-corrected chi connectivity index (χ2v) is 11.5. The number of amides is 2. The highest BCUT2D eigenvalue weighted by molar-refractivity contribution is 7.99. The van der Waals surface area contributed by atoms with Gasteiger partial charge in [-0.2, -0.15) is 0 Å². The summed E-state index contributed by atoms with van der Waals surface area (Å²) in [5.41, 5.74) is 5.69. The number of hydrogen-bond acceptors (Lipinski definition) is 8. The van der Waals surface area contributed by atoms with E-state index < -0.39 is 18.3 Å². The lowest BCUT2D eigenvalue weighted by Gasteiger charge is -2.36. The van der Waals surface area contributed by atoms with Crippen molar-refractivity contribution in [1.29, 1.82) is 0 Å². The fraction of sp³-hybridized carbons (Fsp3) is 0.286. The summed E-state index contributed by atoms with van der Waals surface area (Å²) in [6.07, 6.45) is 1.68. The van der Waals surface area contributed by atoms with E-state index in [1.165, 1.54) is 0 Å². The summed E-state index contributed by atoms with van der Waals surface area (Å²) in [6.45, 7) is 2.07. The smallest absolute Gasteiger partial charge is 0.325 e. The molecular weight excluding hydrogens is 590 g/mol. The van der Waals surface area contributed by atoms with E-state index >= 15 is 0 Å². The predicted molar refractivity (Wildman–Crippen MR) is 172 cm³/mol. The maximum Gasteiger partial charge on any atom is 0.325 e. The highest BCUT2D eigenvalue weighted by Crippen LogP contribution is 2.40. The van der Waals surface area contributed by atoms with Gasteiger partial charge in [-0.1, -0.05) is 78.9 Å². The van der Waals surface area contributed by atoms with Gasteiger partial charge < -0.3 is 30.0 Å². The van der Waals surface area contributed by atoms with Crippen molar-refractivity contribution in [3.05, 3.63) is 119 Å². The zero-order chi connectivity index (χ0) is 31.4. The van der Waals surface area contributed by atoms with Crippen LogP contribution >= 0.6 is 11.8 Å². The lowest BCUT2D eigenvalue weighted by atomic mass is 9.98. The van der Waals surface area contributed by atoms with Crippen LogP contribution in [0.1, 0.15) is 48.0 Å². The van der Waals surface area contributed by atoms with E-state index in [0.717, 1.165) is 44.2 Å². The molecule has 5 rings (SSSR count). The number of esters is 1. The first kappa shape index (κ1) is 32.2. The molecule has 10 heteroatoms. The molecule has 234 valence electrons. The Kier molecular flexibility index (Phi) is 11.6. The molecule has 2 heterocycles. The fourth-order valence-corrected chi connectivity index (χ4v) is 5.89. The van der Waals surface area contributed by atoms with Crippen molar-refractivity contribution in [2.45, 2.75) is 50.0 Å². The Balaban J connectivity index is 1.28. The molecule has 3 atom stereocenters. The first-order valence-corrected chi connectivity index (χ1v) is 15.9. The standard InChI is InChI=1S/C35H37N3O6S/c1-2-42-33(40)21-38-35(41)37-20-28-7-3-4-8-30(28)25-14-16-27(17-15-25)34-43-29(23-45-32-9-5-6-18-36-32)19-31(44-34)26-12-10-24(22-39)11-13-26/h3-18,29,31,34,39H,2,19-23H2,1H3,(H2,37,38,41)/t29-,31+,34+/m1/s1. The maximum atomic E-state index is 12.2. The highest BCUT2D eigenvalue weighted by atomic mass is 32.2. The Morgan fingerprint density at radius 3 is 2.42 bits per heavy atom. The fourth-order valence-electron chi connectivity index (χ4n) is 5.01. The van der Waals surface area contributed by atoms with E-state index in [1.807, 2.05) is 91.0 Å². The number of pyridine rings is 1. The van der Waals surface area contributed by atoms with Crippen LogP contribution in [0.15, 0.2) is 102 Å². The molecule has 1 saturated heterocycles. The number of benzene rings is 3.